The molecule has 0 spiro atoms. The molecule has 0 radical (unpaired) electrons. The van der Waals surface area contributed by atoms with E-state index >= 15 is 0 Å². The molecule has 0 saturated heterocycles. The maximum absolute atomic E-state index is 5.13. The summed E-state index contributed by atoms with van der Waals surface area (Å²) < 4.78 is 5.13. The lowest BCUT2D eigenvalue weighted by molar-refractivity contribution is 0.415. The second-order valence-corrected chi connectivity index (χ2v) is 4.81. The Balaban J connectivity index is 1.96. The Bertz CT molecular complexity index is 594. The molecule has 0 bridgehead atoms. The molecule has 108 valence electrons. The van der Waals surface area contributed by atoms with Gasteiger partial charge in [-0.1, -0.05) is 36.4 Å². The maximum Gasteiger partial charge on any atom is 0.119 e. The van der Waals surface area contributed by atoms with Gasteiger partial charge in [0.05, 0.1) is 12.8 Å². The molecule has 0 aliphatic rings. The van der Waals surface area contributed by atoms with Crippen molar-refractivity contribution in [3.63, 3.8) is 0 Å². The van der Waals surface area contributed by atoms with Crippen molar-refractivity contribution in [2.45, 2.75) is 19.8 Å². The number of hydrogen-bond acceptors (Lipinski definition) is 2. The van der Waals surface area contributed by atoms with Gasteiger partial charge in [-0.05, 0) is 55.2 Å². The minimum atomic E-state index is 0.847. The van der Waals surface area contributed by atoms with Crippen molar-refractivity contribution < 1.29 is 4.74 Å². The predicted octanol–water partition coefficient (Wildman–Crippen LogP) is 4.95. The highest BCUT2D eigenvalue weighted by Gasteiger charge is 1.94. The van der Waals surface area contributed by atoms with Gasteiger partial charge in [0.2, 0.25) is 0 Å². The number of aryl methyl sites for hydroxylation is 1. The van der Waals surface area contributed by atoms with E-state index in [4.69, 9.17) is 4.74 Å². The number of methoxy groups -OCH3 is 1. The summed E-state index contributed by atoms with van der Waals surface area (Å²) in [6, 6.07) is 16.3. The van der Waals surface area contributed by atoms with Crippen molar-refractivity contribution in [3.8, 4) is 5.75 Å². The van der Waals surface area contributed by atoms with Gasteiger partial charge >= 0.3 is 0 Å². The lowest BCUT2D eigenvalue weighted by Gasteiger charge is -2.00. The molecule has 0 fully saturated rings. The highest BCUT2D eigenvalue weighted by Crippen LogP contribution is 2.17. The van der Waals surface area contributed by atoms with Crippen molar-refractivity contribution >= 4 is 11.9 Å². The average Bonchev–Trinajstić information content (AvgIpc) is 2.55. The van der Waals surface area contributed by atoms with E-state index in [0.29, 0.717) is 0 Å². The van der Waals surface area contributed by atoms with Crippen molar-refractivity contribution in [3.05, 3.63) is 71.8 Å². The van der Waals surface area contributed by atoms with E-state index in [0.717, 1.165) is 29.8 Å². The number of benzene rings is 2. The first-order valence-electron chi connectivity index (χ1n) is 7.20. The molecular weight excluding hydrogens is 258 g/mol. The quantitative estimate of drug-likeness (QED) is 0.541. The summed E-state index contributed by atoms with van der Waals surface area (Å²) in [5.74, 6) is 0.847. The van der Waals surface area contributed by atoms with Crippen LogP contribution in [0.4, 0.5) is 5.69 Å². The Morgan fingerprint density at radius 3 is 2.33 bits per heavy atom. The number of rotatable bonds is 6. The zero-order chi connectivity index (χ0) is 14.9. The third kappa shape index (κ3) is 4.92. The minimum absolute atomic E-state index is 0.847. The lowest BCUT2D eigenvalue weighted by Crippen LogP contribution is -1.86. The third-order valence-corrected chi connectivity index (χ3v) is 3.25. The Morgan fingerprint density at radius 2 is 1.71 bits per heavy atom. The van der Waals surface area contributed by atoms with E-state index in [1.807, 2.05) is 30.5 Å². The van der Waals surface area contributed by atoms with Crippen LogP contribution in [0.15, 0.2) is 65.7 Å². The normalized spacial score (nSPS) is 11.3. The molecule has 0 atom stereocenters. The van der Waals surface area contributed by atoms with Gasteiger partial charge in [-0.15, -0.1) is 0 Å². The summed E-state index contributed by atoms with van der Waals surface area (Å²) in [6.45, 7) is 2.05. The molecule has 0 unspecified atom stereocenters. The molecule has 0 aromatic heterocycles. The van der Waals surface area contributed by atoms with E-state index in [-0.39, 0.29) is 0 Å². The van der Waals surface area contributed by atoms with Crippen LogP contribution in [0.5, 0.6) is 5.75 Å². The Kier molecular flexibility index (Phi) is 5.77. The van der Waals surface area contributed by atoms with Gasteiger partial charge in [-0.2, -0.15) is 0 Å². The summed E-state index contributed by atoms with van der Waals surface area (Å²) in [5, 5.41) is 0. The number of allylic oxidation sites excluding steroid dienone is 2. The van der Waals surface area contributed by atoms with Crippen LogP contribution in [0.25, 0.3) is 0 Å². The molecule has 0 N–H and O–H groups in total. The lowest BCUT2D eigenvalue weighted by atomic mass is 10.1. The van der Waals surface area contributed by atoms with E-state index in [2.05, 4.69) is 48.3 Å². The van der Waals surface area contributed by atoms with E-state index in [1.54, 1.807) is 7.11 Å². The standard InChI is InChI=1S/C19H21NO/c1-3-4-5-6-16-7-9-17(10-8-16)15-20-18-11-13-19(21-2)14-12-18/h3-4,7-15H,5-6H2,1-2H3/b4-3+,20-15?. The van der Waals surface area contributed by atoms with Crippen LogP contribution < -0.4 is 4.74 Å². The highest BCUT2D eigenvalue weighted by atomic mass is 16.5. The largest absolute Gasteiger partial charge is 0.497 e. The number of aliphatic imine (C=N–C) groups is 1. The molecule has 2 aromatic carbocycles. The summed E-state index contributed by atoms with van der Waals surface area (Å²) >= 11 is 0. The van der Waals surface area contributed by atoms with Crippen LogP contribution in [0.2, 0.25) is 0 Å². The van der Waals surface area contributed by atoms with Gasteiger partial charge in [-0.25, -0.2) is 0 Å². The SMILES string of the molecule is C/C=C/CCc1ccc(C=Nc2ccc(OC)cc2)cc1. The van der Waals surface area contributed by atoms with Gasteiger partial charge in [0.15, 0.2) is 0 Å². The van der Waals surface area contributed by atoms with E-state index < -0.39 is 0 Å². The highest BCUT2D eigenvalue weighted by molar-refractivity contribution is 5.81. The summed E-state index contributed by atoms with van der Waals surface area (Å²) in [6.07, 6.45) is 8.35. The maximum atomic E-state index is 5.13. The van der Waals surface area contributed by atoms with Gasteiger partial charge in [0.1, 0.15) is 5.75 Å². The number of nitrogens with zero attached hydrogens (tertiary/aromatic N) is 1. The smallest absolute Gasteiger partial charge is 0.119 e. The Hall–Kier alpha value is -2.35. The molecule has 2 nitrogen and oxygen atoms in total. The second-order valence-electron chi connectivity index (χ2n) is 4.81. The predicted molar refractivity (Wildman–Crippen MR) is 89.8 cm³/mol. The van der Waals surface area contributed by atoms with Gasteiger partial charge in [0.25, 0.3) is 0 Å². The Labute approximate surface area is 126 Å². The molecule has 0 heterocycles. The molecule has 0 saturated carbocycles. The van der Waals surface area contributed by atoms with Crippen LogP contribution >= 0.6 is 0 Å². The van der Waals surface area contributed by atoms with Crippen LogP contribution in [-0.4, -0.2) is 13.3 Å². The monoisotopic (exact) mass is 279 g/mol. The topological polar surface area (TPSA) is 21.6 Å². The molecule has 0 aliphatic carbocycles. The van der Waals surface area contributed by atoms with Crippen LogP contribution in [-0.2, 0) is 6.42 Å². The van der Waals surface area contributed by atoms with Crippen molar-refractivity contribution in [2.24, 2.45) is 4.99 Å². The summed E-state index contributed by atoms with van der Waals surface area (Å²) in [5.41, 5.74) is 3.39. The molecule has 0 amide bonds. The Morgan fingerprint density at radius 1 is 1.00 bits per heavy atom. The molecule has 0 aliphatic heterocycles. The van der Waals surface area contributed by atoms with Gasteiger partial charge in [0, 0.05) is 6.21 Å². The van der Waals surface area contributed by atoms with Crippen molar-refractivity contribution in [1.29, 1.82) is 0 Å². The first-order chi connectivity index (χ1) is 10.3. The molecule has 2 rings (SSSR count). The molecule has 2 heteroatoms. The fourth-order valence-corrected chi connectivity index (χ4v) is 2.00. The molecule has 2 aromatic rings. The summed E-state index contributed by atoms with van der Waals surface area (Å²) in [4.78, 5) is 4.47. The van der Waals surface area contributed by atoms with Crippen LogP contribution in [0.3, 0.4) is 0 Å². The van der Waals surface area contributed by atoms with Gasteiger partial charge < -0.3 is 4.74 Å². The first kappa shape index (κ1) is 15.0. The van der Waals surface area contributed by atoms with Crippen LogP contribution in [0.1, 0.15) is 24.5 Å². The fraction of sp³-hybridized carbons (Fsp3) is 0.211. The average molecular weight is 279 g/mol. The first-order valence-corrected chi connectivity index (χ1v) is 7.20. The second kappa shape index (κ2) is 8.05. The van der Waals surface area contributed by atoms with Gasteiger partial charge in [-0.3, -0.25) is 4.99 Å². The van der Waals surface area contributed by atoms with E-state index in [9.17, 15) is 0 Å². The summed E-state index contributed by atoms with van der Waals surface area (Å²) in [7, 11) is 1.66. The minimum Gasteiger partial charge on any atom is -0.497 e. The van der Waals surface area contributed by atoms with Crippen molar-refractivity contribution in [1.82, 2.24) is 0 Å². The zero-order valence-corrected chi connectivity index (χ0v) is 12.6. The number of hydrogen-bond donors (Lipinski definition) is 0. The zero-order valence-electron chi connectivity index (χ0n) is 12.6. The third-order valence-electron chi connectivity index (χ3n) is 3.25. The molecular formula is C19H21NO. The van der Waals surface area contributed by atoms with Crippen molar-refractivity contribution in [2.75, 3.05) is 7.11 Å². The molecule has 21 heavy (non-hydrogen) atoms. The van der Waals surface area contributed by atoms with E-state index in [1.165, 1.54) is 5.56 Å². The van der Waals surface area contributed by atoms with Crippen LogP contribution in [0, 0.1) is 0 Å². The fourth-order valence-electron chi connectivity index (χ4n) is 2.00. The number of ether oxygens (including phenoxy) is 1.